The van der Waals surface area contributed by atoms with Crippen LogP contribution in [0.5, 0.6) is 0 Å². The molecule has 0 aliphatic heterocycles. The van der Waals surface area contributed by atoms with E-state index in [2.05, 4.69) is 0 Å². The molecule has 4 nitrogen and oxygen atoms in total. The van der Waals surface area contributed by atoms with Crippen molar-refractivity contribution >= 4 is 11.8 Å². The summed E-state index contributed by atoms with van der Waals surface area (Å²) in [7, 11) is 0. The lowest BCUT2D eigenvalue weighted by Gasteiger charge is -2.16. The Morgan fingerprint density at radius 1 is 1.42 bits per heavy atom. The third-order valence-electron chi connectivity index (χ3n) is 1.75. The zero-order chi connectivity index (χ0) is 9.72. The number of ketones is 1. The molecule has 2 atom stereocenters. The Balaban J connectivity index is 3.83. The molecular weight excluding hydrogens is 158 g/mol. The summed E-state index contributed by atoms with van der Waals surface area (Å²) in [5.41, 5.74) is 5.53. The molecule has 0 aromatic heterocycles. The van der Waals surface area contributed by atoms with Gasteiger partial charge >= 0.3 is 5.97 Å². The Labute approximate surface area is 71.8 Å². The smallest absolute Gasteiger partial charge is 0.304 e. The van der Waals surface area contributed by atoms with Crippen molar-refractivity contribution in [2.24, 2.45) is 11.7 Å². The Morgan fingerprint density at radius 2 is 1.92 bits per heavy atom. The number of hydrogen-bond donors (Lipinski definition) is 2. The van der Waals surface area contributed by atoms with E-state index in [9.17, 15) is 9.59 Å². The molecule has 0 aliphatic carbocycles. The van der Waals surface area contributed by atoms with Gasteiger partial charge in [-0.25, -0.2) is 0 Å². The number of aliphatic carboxylic acids is 1. The van der Waals surface area contributed by atoms with Gasteiger partial charge in [-0.05, 0) is 12.8 Å². The van der Waals surface area contributed by atoms with E-state index in [4.69, 9.17) is 10.8 Å². The van der Waals surface area contributed by atoms with Crippen molar-refractivity contribution in [1.29, 1.82) is 0 Å². The van der Waals surface area contributed by atoms with Crippen LogP contribution in [0.3, 0.4) is 0 Å². The second kappa shape index (κ2) is 4.87. The number of carboxylic acids is 1. The van der Waals surface area contributed by atoms with Gasteiger partial charge in [0.15, 0.2) is 0 Å². The van der Waals surface area contributed by atoms with Crippen molar-refractivity contribution in [1.82, 2.24) is 0 Å². The lowest BCUT2D eigenvalue weighted by Crippen LogP contribution is -2.31. The van der Waals surface area contributed by atoms with Gasteiger partial charge in [0.05, 0.1) is 6.42 Å². The molecule has 0 heterocycles. The van der Waals surface area contributed by atoms with Gasteiger partial charge in [0.25, 0.3) is 0 Å². The largest absolute Gasteiger partial charge is 0.481 e. The molecule has 70 valence electrons. The van der Waals surface area contributed by atoms with Gasteiger partial charge in [0.1, 0.15) is 5.78 Å². The van der Waals surface area contributed by atoms with Crippen LogP contribution in [0, 0.1) is 5.92 Å². The highest BCUT2D eigenvalue weighted by Crippen LogP contribution is 2.09. The Morgan fingerprint density at radius 3 is 2.25 bits per heavy atom. The number of carbonyl (C=O) groups is 2. The van der Waals surface area contributed by atoms with Crippen LogP contribution in [-0.4, -0.2) is 22.9 Å². The van der Waals surface area contributed by atoms with Gasteiger partial charge in [-0.15, -0.1) is 0 Å². The summed E-state index contributed by atoms with van der Waals surface area (Å²) >= 11 is 0. The summed E-state index contributed by atoms with van der Waals surface area (Å²) in [6, 6.07) is -0.425. The quantitative estimate of drug-likeness (QED) is 0.630. The number of hydrogen-bond acceptors (Lipinski definition) is 3. The van der Waals surface area contributed by atoms with Crippen molar-refractivity contribution in [3.8, 4) is 0 Å². The molecule has 0 amide bonds. The van der Waals surface area contributed by atoms with Crippen molar-refractivity contribution in [3.05, 3.63) is 0 Å². The standard InChI is InChI=1S/C8H15NO3/c1-5(3-6(2)10)7(9)4-8(11)12/h5,7H,3-4,9H2,1-2H3,(H,11,12). The van der Waals surface area contributed by atoms with Crippen molar-refractivity contribution in [3.63, 3.8) is 0 Å². The summed E-state index contributed by atoms with van der Waals surface area (Å²) < 4.78 is 0. The Hall–Kier alpha value is -0.900. The normalized spacial score (nSPS) is 15.2. The molecular formula is C8H15NO3. The molecule has 0 rings (SSSR count). The first-order valence-corrected chi connectivity index (χ1v) is 3.90. The van der Waals surface area contributed by atoms with Crippen molar-refractivity contribution in [2.75, 3.05) is 0 Å². The zero-order valence-corrected chi connectivity index (χ0v) is 7.41. The van der Waals surface area contributed by atoms with Gasteiger partial charge in [-0.2, -0.15) is 0 Å². The first-order chi connectivity index (χ1) is 5.43. The maximum Gasteiger partial charge on any atom is 0.304 e. The molecule has 2 unspecified atom stereocenters. The highest BCUT2D eigenvalue weighted by atomic mass is 16.4. The molecule has 12 heavy (non-hydrogen) atoms. The molecule has 0 aromatic rings. The van der Waals surface area contributed by atoms with Gasteiger partial charge < -0.3 is 15.6 Å². The van der Waals surface area contributed by atoms with Gasteiger partial charge in [-0.3, -0.25) is 4.79 Å². The first-order valence-electron chi connectivity index (χ1n) is 3.90. The summed E-state index contributed by atoms with van der Waals surface area (Å²) in [4.78, 5) is 20.9. The van der Waals surface area contributed by atoms with Gasteiger partial charge in [-0.1, -0.05) is 6.92 Å². The molecule has 0 bridgehead atoms. The molecule has 0 aliphatic rings. The van der Waals surface area contributed by atoms with Crippen LogP contribution in [0.15, 0.2) is 0 Å². The van der Waals surface area contributed by atoms with Crippen LogP contribution in [0.1, 0.15) is 26.7 Å². The lowest BCUT2D eigenvalue weighted by molar-refractivity contribution is -0.137. The van der Waals surface area contributed by atoms with Crippen LogP contribution < -0.4 is 5.73 Å². The van der Waals surface area contributed by atoms with Crippen LogP contribution in [0.25, 0.3) is 0 Å². The molecule has 0 radical (unpaired) electrons. The summed E-state index contributed by atoms with van der Waals surface area (Å²) in [6.07, 6.45) is 0.281. The summed E-state index contributed by atoms with van der Waals surface area (Å²) in [5.74, 6) is -0.931. The van der Waals surface area contributed by atoms with E-state index in [1.807, 2.05) is 0 Å². The Kier molecular flexibility index (Phi) is 4.51. The van der Waals surface area contributed by atoms with E-state index in [0.29, 0.717) is 6.42 Å². The Bertz CT molecular complexity index is 159. The highest BCUT2D eigenvalue weighted by Gasteiger charge is 2.17. The number of Topliss-reactive ketones (excluding diaryl/α,β-unsaturated/α-hetero) is 1. The second-order valence-electron chi connectivity index (χ2n) is 3.15. The number of carbonyl (C=O) groups excluding carboxylic acids is 1. The van der Waals surface area contributed by atoms with E-state index in [0.717, 1.165) is 0 Å². The minimum atomic E-state index is -0.919. The van der Waals surface area contributed by atoms with E-state index in [1.165, 1.54) is 6.92 Å². The minimum Gasteiger partial charge on any atom is -0.481 e. The van der Waals surface area contributed by atoms with E-state index in [-0.39, 0.29) is 18.1 Å². The SMILES string of the molecule is CC(=O)CC(C)C(N)CC(=O)O. The van der Waals surface area contributed by atoms with Crippen LogP contribution >= 0.6 is 0 Å². The van der Waals surface area contributed by atoms with Crippen molar-refractivity contribution in [2.45, 2.75) is 32.7 Å². The predicted octanol–water partition coefficient (Wildman–Crippen LogP) is 0.404. The molecule has 0 saturated heterocycles. The van der Waals surface area contributed by atoms with Gasteiger partial charge in [0, 0.05) is 12.5 Å². The van der Waals surface area contributed by atoms with Crippen LogP contribution in [0.2, 0.25) is 0 Å². The monoisotopic (exact) mass is 173 g/mol. The zero-order valence-electron chi connectivity index (χ0n) is 7.41. The molecule has 0 saturated carbocycles. The third kappa shape index (κ3) is 4.85. The summed E-state index contributed by atoms with van der Waals surface area (Å²) in [6.45, 7) is 3.26. The summed E-state index contributed by atoms with van der Waals surface area (Å²) in [5, 5.41) is 8.40. The first kappa shape index (κ1) is 11.1. The molecule has 4 heteroatoms. The number of carboxylic acid groups (broad SMARTS) is 1. The second-order valence-corrected chi connectivity index (χ2v) is 3.15. The minimum absolute atomic E-state index is 0.0448. The molecule has 0 aromatic carbocycles. The topological polar surface area (TPSA) is 80.4 Å². The fourth-order valence-corrected chi connectivity index (χ4v) is 1.01. The van der Waals surface area contributed by atoms with Crippen LogP contribution in [0.4, 0.5) is 0 Å². The maximum atomic E-state index is 10.6. The lowest BCUT2D eigenvalue weighted by atomic mass is 9.95. The molecule has 0 spiro atoms. The fourth-order valence-electron chi connectivity index (χ4n) is 1.01. The highest BCUT2D eigenvalue weighted by molar-refractivity contribution is 5.76. The molecule has 0 fully saturated rings. The fraction of sp³-hybridized carbons (Fsp3) is 0.750. The molecule has 3 N–H and O–H groups in total. The van der Waals surface area contributed by atoms with E-state index < -0.39 is 12.0 Å². The average molecular weight is 173 g/mol. The average Bonchev–Trinajstić information content (AvgIpc) is 1.84. The predicted molar refractivity (Wildman–Crippen MR) is 44.7 cm³/mol. The number of nitrogens with two attached hydrogens (primary N) is 1. The van der Waals surface area contributed by atoms with Crippen molar-refractivity contribution < 1.29 is 14.7 Å². The number of rotatable bonds is 5. The third-order valence-corrected chi connectivity index (χ3v) is 1.75. The van der Waals surface area contributed by atoms with E-state index in [1.54, 1.807) is 6.92 Å². The maximum absolute atomic E-state index is 10.6. The van der Waals surface area contributed by atoms with E-state index >= 15 is 0 Å². The van der Waals surface area contributed by atoms with Crippen LogP contribution in [-0.2, 0) is 9.59 Å². The van der Waals surface area contributed by atoms with Gasteiger partial charge in [0.2, 0.25) is 0 Å².